The number of anilines is 2. The summed E-state index contributed by atoms with van der Waals surface area (Å²) in [5.74, 6) is -0.0991. The van der Waals surface area contributed by atoms with Crippen molar-refractivity contribution in [3.63, 3.8) is 0 Å². The number of nitrogens with zero attached hydrogens (tertiary/aromatic N) is 1. The first-order valence-electron chi connectivity index (χ1n) is 5.34. The summed E-state index contributed by atoms with van der Waals surface area (Å²) in [6.07, 6.45) is 1.44. The molecule has 2 aromatic heterocycles. The Morgan fingerprint density at radius 3 is 3.05 bits per heavy atom. The number of nitrogens with one attached hydrogen (secondary N) is 1. The predicted molar refractivity (Wildman–Crippen MR) is 75.7 cm³/mol. The molecule has 3 N–H and O–H groups in total. The smallest absolute Gasteiger partial charge is 0.291 e. The fourth-order valence-corrected chi connectivity index (χ4v) is 2.80. The molecule has 0 saturated heterocycles. The molecule has 0 bridgehead atoms. The molecule has 0 unspecified atom stereocenters. The molecular weight excluding hydrogens is 286 g/mol. The van der Waals surface area contributed by atoms with Gasteiger partial charge in [-0.2, -0.15) is 0 Å². The number of amides is 1. The van der Waals surface area contributed by atoms with Gasteiger partial charge in [-0.15, -0.1) is 0 Å². The van der Waals surface area contributed by atoms with Crippen LogP contribution in [0.25, 0.3) is 10.2 Å². The third-order valence-electron chi connectivity index (χ3n) is 2.47. The number of aromatic nitrogens is 1. The van der Waals surface area contributed by atoms with Crippen LogP contribution in [0.5, 0.6) is 0 Å². The van der Waals surface area contributed by atoms with Gasteiger partial charge in [0.05, 0.1) is 16.0 Å². The largest absolute Gasteiger partial charge is 0.459 e. The second-order valence-corrected chi connectivity index (χ2v) is 5.26. The standard InChI is InChI=1S/C12H8ClN3O2S/c13-7-4-6(5-9-10(7)16-12(14)19-9)15-11(17)8-2-1-3-18-8/h1-5H,(H2,14,16)(H,15,17). The van der Waals surface area contributed by atoms with Crippen LogP contribution in [0.1, 0.15) is 10.6 Å². The Hall–Kier alpha value is -2.05. The van der Waals surface area contributed by atoms with E-state index in [1.165, 1.54) is 17.6 Å². The molecule has 7 heteroatoms. The second kappa shape index (κ2) is 4.56. The molecule has 3 rings (SSSR count). The third kappa shape index (κ3) is 2.27. The molecule has 0 spiro atoms. The van der Waals surface area contributed by atoms with Crippen molar-refractivity contribution in [3.05, 3.63) is 41.3 Å². The summed E-state index contributed by atoms with van der Waals surface area (Å²) < 4.78 is 5.83. The van der Waals surface area contributed by atoms with Gasteiger partial charge in [-0.3, -0.25) is 4.79 Å². The van der Waals surface area contributed by atoms with Crippen LogP contribution in [0.4, 0.5) is 10.8 Å². The third-order valence-corrected chi connectivity index (χ3v) is 3.59. The van der Waals surface area contributed by atoms with Gasteiger partial charge >= 0.3 is 0 Å². The van der Waals surface area contributed by atoms with Crippen LogP contribution < -0.4 is 11.1 Å². The molecule has 0 fully saturated rings. The molecule has 0 atom stereocenters. The zero-order chi connectivity index (χ0) is 13.4. The minimum Gasteiger partial charge on any atom is -0.459 e. The number of nitrogens with two attached hydrogens (primary N) is 1. The van der Waals surface area contributed by atoms with E-state index in [0.29, 0.717) is 21.4 Å². The number of fused-ring (bicyclic) bond motifs is 1. The highest BCUT2D eigenvalue weighted by Gasteiger charge is 2.12. The first-order chi connectivity index (χ1) is 9.13. The van der Waals surface area contributed by atoms with Crippen molar-refractivity contribution in [2.24, 2.45) is 0 Å². The van der Waals surface area contributed by atoms with Crippen LogP contribution in [0.15, 0.2) is 34.9 Å². The maximum Gasteiger partial charge on any atom is 0.291 e. The lowest BCUT2D eigenvalue weighted by molar-refractivity contribution is 0.0996. The molecule has 0 aliphatic heterocycles. The first-order valence-corrected chi connectivity index (χ1v) is 6.53. The van der Waals surface area contributed by atoms with Crippen LogP contribution in [-0.4, -0.2) is 10.9 Å². The van der Waals surface area contributed by atoms with E-state index in [1.807, 2.05) is 0 Å². The SMILES string of the molecule is Nc1nc2c(Cl)cc(NC(=O)c3ccco3)cc2s1. The van der Waals surface area contributed by atoms with Gasteiger partial charge in [-0.05, 0) is 24.3 Å². The Bertz CT molecular complexity index is 752. The fourth-order valence-electron chi connectivity index (χ4n) is 1.68. The number of benzene rings is 1. The van der Waals surface area contributed by atoms with E-state index in [1.54, 1.807) is 24.3 Å². The molecule has 5 nitrogen and oxygen atoms in total. The zero-order valence-corrected chi connectivity index (χ0v) is 11.1. The fraction of sp³-hybridized carbons (Fsp3) is 0. The predicted octanol–water partition coefficient (Wildman–Crippen LogP) is 3.38. The lowest BCUT2D eigenvalue weighted by Gasteiger charge is -2.04. The van der Waals surface area contributed by atoms with E-state index in [2.05, 4.69) is 10.3 Å². The molecule has 2 heterocycles. The Morgan fingerprint density at radius 2 is 2.32 bits per heavy atom. The second-order valence-electron chi connectivity index (χ2n) is 3.79. The number of carbonyl (C=O) groups excluding carboxylic acids is 1. The van der Waals surface area contributed by atoms with E-state index in [0.717, 1.165) is 4.70 Å². The molecule has 96 valence electrons. The Kier molecular flexibility index (Phi) is 2.88. The average Bonchev–Trinajstić information content (AvgIpc) is 2.97. The van der Waals surface area contributed by atoms with Crippen molar-refractivity contribution in [1.82, 2.24) is 4.98 Å². The number of halogens is 1. The van der Waals surface area contributed by atoms with E-state index in [9.17, 15) is 4.79 Å². The van der Waals surface area contributed by atoms with E-state index in [-0.39, 0.29) is 11.7 Å². The van der Waals surface area contributed by atoms with Crippen molar-refractivity contribution >= 4 is 49.9 Å². The number of nitrogen functional groups attached to an aromatic ring is 1. The van der Waals surface area contributed by atoms with Crippen LogP contribution >= 0.6 is 22.9 Å². The molecule has 0 aliphatic rings. The molecule has 1 aromatic carbocycles. The van der Waals surface area contributed by atoms with Crippen molar-refractivity contribution in [2.75, 3.05) is 11.1 Å². The lowest BCUT2D eigenvalue weighted by atomic mass is 10.3. The molecule has 1 amide bonds. The summed E-state index contributed by atoms with van der Waals surface area (Å²) in [4.78, 5) is 16.0. The summed E-state index contributed by atoms with van der Waals surface area (Å²) in [5.41, 5.74) is 6.85. The van der Waals surface area contributed by atoms with Gasteiger partial charge < -0.3 is 15.5 Å². The average molecular weight is 294 g/mol. The Labute approximate surface area is 117 Å². The summed E-state index contributed by atoms with van der Waals surface area (Å²) in [5, 5.41) is 3.59. The molecule has 19 heavy (non-hydrogen) atoms. The zero-order valence-electron chi connectivity index (χ0n) is 9.51. The van der Waals surface area contributed by atoms with Gasteiger partial charge in [0.25, 0.3) is 5.91 Å². The van der Waals surface area contributed by atoms with Crippen molar-refractivity contribution in [3.8, 4) is 0 Å². The molecule has 0 saturated carbocycles. The minimum atomic E-state index is -0.335. The van der Waals surface area contributed by atoms with Crippen molar-refractivity contribution in [1.29, 1.82) is 0 Å². The highest BCUT2D eigenvalue weighted by molar-refractivity contribution is 7.22. The van der Waals surface area contributed by atoms with E-state index in [4.69, 9.17) is 21.8 Å². The van der Waals surface area contributed by atoms with Crippen LogP contribution in [0.2, 0.25) is 5.02 Å². The van der Waals surface area contributed by atoms with Gasteiger partial charge in [0.2, 0.25) is 0 Å². The molecular formula is C12H8ClN3O2S. The number of rotatable bonds is 2. The Morgan fingerprint density at radius 1 is 1.47 bits per heavy atom. The first kappa shape index (κ1) is 12.0. The summed E-state index contributed by atoms with van der Waals surface area (Å²) >= 11 is 7.41. The van der Waals surface area contributed by atoms with Gasteiger partial charge in [0.1, 0.15) is 5.52 Å². The molecule has 0 aliphatic carbocycles. The summed E-state index contributed by atoms with van der Waals surface area (Å²) in [7, 11) is 0. The van der Waals surface area contributed by atoms with Crippen molar-refractivity contribution in [2.45, 2.75) is 0 Å². The minimum absolute atomic E-state index is 0.236. The van der Waals surface area contributed by atoms with Crippen LogP contribution in [0.3, 0.4) is 0 Å². The van der Waals surface area contributed by atoms with Crippen LogP contribution in [0, 0.1) is 0 Å². The summed E-state index contributed by atoms with van der Waals surface area (Å²) in [6, 6.07) is 6.63. The topological polar surface area (TPSA) is 81.1 Å². The normalized spacial score (nSPS) is 10.8. The quantitative estimate of drug-likeness (QED) is 0.759. The monoisotopic (exact) mass is 293 g/mol. The lowest BCUT2D eigenvalue weighted by Crippen LogP contribution is -2.10. The van der Waals surface area contributed by atoms with E-state index < -0.39 is 0 Å². The molecule has 0 radical (unpaired) electrons. The van der Waals surface area contributed by atoms with Crippen molar-refractivity contribution < 1.29 is 9.21 Å². The maximum absolute atomic E-state index is 11.8. The number of furan rings is 1. The Balaban J connectivity index is 1.95. The number of carbonyl (C=O) groups is 1. The highest BCUT2D eigenvalue weighted by Crippen LogP contribution is 2.32. The molecule has 3 aromatic rings. The summed E-state index contributed by atoms with van der Waals surface area (Å²) in [6.45, 7) is 0. The van der Waals surface area contributed by atoms with Gasteiger partial charge in [-0.1, -0.05) is 22.9 Å². The highest BCUT2D eigenvalue weighted by atomic mass is 35.5. The van der Waals surface area contributed by atoms with Gasteiger partial charge in [-0.25, -0.2) is 4.98 Å². The maximum atomic E-state index is 11.8. The van der Waals surface area contributed by atoms with E-state index >= 15 is 0 Å². The number of thiazole rings is 1. The number of hydrogen-bond acceptors (Lipinski definition) is 5. The van der Waals surface area contributed by atoms with Gasteiger partial charge in [0.15, 0.2) is 10.9 Å². The van der Waals surface area contributed by atoms with Crippen LogP contribution in [-0.2, 0) is 0 Å². The number of hydrogen-bond donors (Lipinski definition) is 2. The van der Waals surface area contributed by atoms with Gasteiger partial charge in [0, 0.05) is 5.69 Å².